The van der Waals surface area contributed by atoms with Gasteiger partial charge in [-0.3, -0.25) is 4.98 Å². The van der Waals surface area contributed by atoms with E-state index in [1.165, 1.54) is 0 Å². The van der Waals surface area contributed by atoms with Crippen molar-refractivity contribution >= 4 is 15.9 Å². The Morgan fingerprint density at radius 3 is 3.06 bits per heavy atom. The minimum Gasteiger partial charge on any atom is -0.337 e. The first-order valence-corrected chi connectivity index (χ1v) is 6.21. The molecule has 6 heteroatoms. The van der Waals surface area contributed by atoms with Crippen molar-refractivity contribution in [3.05, 3.63) is 28.7 Å². The molecule has 0 aromatic carbocycles. The van der Waals surface area contributed by atoms with Gasteiger partial charge in [-0.15, -0.1) is 0 Å². The molecule has 2 aromatic heterocycles. The number of rotatable bonds is 4. The van der Waals surface area contributed by atoms with E-state index in [0.29, 0.717) is 17.4 Å². The number of nitrogens with zero attached hydrogens (tertiary/aromatic N) is 3. The minimum atomic E-state index is -0.205. The van der Waals surface area contributed by atoms with E-state index < -0.39 is 0 Å². The molecule has 0 amide bonds. The Hall–Kier alpha value is -1.27. The number of aromatic nitrogens is 3. The molecule has 0 aliphatic carbocycles. The highest BCUT2D eigenvalue weighted by Crippen LogP contribution is 2.24. The molecular formula is C11H13BrN4O. The summed E-state index contributed by atoms with van der Waals surface area (Å²) < 4.78 is 5.97. The summed E-state index contributed by atoms with van der Waals surface area (Å²) in [6, 6.07) is 3.51. The monoisotopic (exact) mass is 296 g/mol. The Morgan fingerprint density at radius 1 is 1.53 bits per heavy atom. The van der Waals surface area contributed by atoms with Crippen LogP contribution in [-0.4, -0.2) is 15.1 Å². The van der Waals surface area contributed by atoms with Gasteiger partial charge in [-0.25, -0.2) is 0 Å². The molecule has 0 saturated heterocycles. The molecule has 1 unspecified atom stereocenters. The summed E-state index contributed by atoms with van der Waals surface area (Å²) in [5.74, 6) is 0.915. The summed E-state index contributed by atoms with van der Waals surface area (Å²) in [5, 5.41) is 3.89. The average Bonchev–Trinajstić information content (AvgIpc) is 2.79. The van der Waals surface area contributed by atoms with Gasteiger partial charge in [0.05, 0.1) is 6.04 Å². The summed E-state index contributed by atoms with van der Waals surface area (Å²) in [4.78, 5) is 8.46. The van der Waals surface area contributed by atoms with Crippen molar-refractivity contribution in [2.75, 3.05) is 0 Å². The molecule has 2 N–H and O–H groups in total. The standard InChI is InChI=1S/C11H13BrN4O/c1-2-4-8(13)11-15-10(16-17-11)9-7(12)5-3-6-14-9/h3,5-6,8H,2,4,13H2,1H3. The third-order valence-corrected chi connectivity index (χ3v) is 2.97. The molecule has 0 spiro atoms. The van der Waals surface area contributed by atoms with Crippen molar-refractivity contribution in [1.82, 2.24) is 15.1 Å². The highest BCUT2D eigenvalue weighted by molar-refractivity contribution is 9.10. The predicted molar refractivity (Wildman–Crippen MR) is 67.1 cm³/mol. The van der Waals surface area contributed by atoms with E-state index >= 15 is 0 Å². The van der Waals surface area contributed by atoms with Crippen LogP contribution in [0.25, 0.3) is 11.5 Å². The first-order chi connectivity index (χ1) is 8.22. The van der Waals surface area contributed by atoms with Gasteiger partial charge in [0.1, 0.15) is 5.69 Å². The maximum absolute atomic E-state index is 5.91. The second kappa shape index (κ2) is 5.37. The Kier molecular flexibility index (Phi) is 3.86. The van der Waals surface area contributed by atoms with Crippen LogP contribution in [0.4, 0.5) is 0 Å². The summed E-state index contributed by atoms with van der Waals surface area (Å²) in [5.41, 5.74) is 6.57. The van der Waals surface area contributed by atoms with Gasteiger partial charge in [-0.1, -0.05) is 18.5 Å². The van der Waals surface area contributed by atoms with Gasteiger partial charge < -0.3 is 10.3 Å². The maximum atomic E-state index is 5.91. The topological polar surface area (TPSA) is 77.8 Å². The molecule has 5 nitrogen and oxygen atoms in total. The third-order valence-electron chi connectivity index (χ3n) is 2.33. The van der Waals surface area contributed by atoms with E-state index in [1.54, 1.807) is 6.20 Å². The molecule has 1 atom stereocenters. The largest absolute Gasteiger partial charge is 0.337 e. The van der Waals surface area contributed by atoms with Crippen LogP contribution < -0.4 is 5.73 Å². The highest BCUT2D eigenvalue weighted by atomic mass is 79.9. The first kappa shape index (κ1) is 12.2. The van der Waals surface area contributed by atoms with Gasteiger partial charge in [0.2, 0.25) is 11.7 Å². The molecular weight excluding hydrogens is 284 g/mol. The Labute approximate surface area is 108 Å². The van der Waals surface area contributed by atoms with Crippen LogP contribution in [0, 0.1) is 0 Å². The molecule has 0 fully saturated rings. The zero-order valence-corrected chi connectivity index (χ0v) is 11.0. The van der Waals surface area contributed by atoms with Crippen molar-refractivity contribution in [2.24, 2.45) is 5.73 Å². The fourth-order valence-electron chi connectivity index (χ4n) is 1.47. The zero-order valence-electron chi connectivity index (χ0n) is 9.43. The van der Waals surface area contributed by atoms with Crippen LogP contribution in [0.5, 0.6) is 0 Å². The number of hydrogen-bond donors (Lipinski definition) is 1. The molecule has 0 saturated carbocycles. The van der Waals surface area contributed by atoms with Gasteiger partial charge >= 0.3 is 0 Å². The van der Waals surface area contributed by atoms with Crippen molar-refractivity contribution in [2.45, 2.75) is 25.8 Å². The van der Waals surface area contributed by atoms with Crippen LogP contribution in [0.2, 0.25) is 0 Å². The van der Waals surface area contributed by atoms with Crippen molar-refractivity contribution < 1.29 is 4.52 Å². The van der Waals surface area contributed by atoms with Crippen LogP contribution in [-0.2, 0) is 0 Å². The lowest BCUT2D eigenvalue weighted by atomic mass is 10.2. The van der Waals surface area contributed by atoms with Gasteiger partial charge in [-0.2, -0.15) is 4.98 Å². The van der Waals surface area contributed by atoms with Gasteiger partial charge in [-0.05, 0) is 34.5 Å². The Bertz CT molecular complexity index is 500. The quantitative estimate of drug-likeness (QED) is 0.938. The van der Waals surface area contributed by atoms with Crippen LogP contribution in [0.1, 0.15) is 31.7 Å². The lowest BCUT2D eigenvalue weighted by molar-refractivity contribution is 0.348. The lowest BCUT2D eigenvalue weighted by Gasteiger charge is -2.02. The fourth-order valence-corrected chi connectivity index (χ4v) is 1.90. The van der Waals surface area contributed by atoms with Crippen molar-refractivity contribution in [1.29, 1.82) is 0 Å². The molecule has 0 aliphatic heterocycles. The van der Waals surface area contributed by atoms with Gasteiger partial charge in [0.15, 0.2) is 0 Å². The molecule has 0 aliphatic rings. The number of halogens is 1. The average molecular weight is 297 g/mol. The summed E-state index contributed by atoms with van der Waals surface area (Å²) >= 11 is 3.39. The molecule has 0 radical (unpaired) electrons. The molecule has 2 heterocycles. The summed E-state index contributed by atoms with van der Waals surface area (Å²) in [7, 11) is 0. The number of pyridine rings is 1. The summed E-state index contributed by atoms with van der Waals surface area (Å²) in [6.07, 6.45) is 3.49. The second-order valence-corrected chi connectivity index (χ2v) is 4.54. The predicted octanol–water partition coefficient (Wildman–Crippen LogP) is 2.69. The van der Waals surface area contributed by atoms with E-state index in [-0.39, 0.29) is 6.04 Å². The molecule has 90 valence electrons. The maximum Gasteiger partial charge on any atom is 0.243 e. The number of nitrogens with two attached hydrogens (primary N) is 1. The van der Waals surface area contributed by atoms with Crippen molar-refractivity contribution in [3.63, 3.8) is 0 Å². The Balaban J connectivity index is 2.27. The molecule has 2 aromatic rings. The minimum absolute atomic E-state index is 0.205. The first-order valence-electron chi connectivity index (χ1n) is 5.42. The normalized spacial score (nSPS) is 12.6. The van der Waals surface area contributed by atoms with E-state index in [4.69, 9.17) is 10.3 Å². The highest BCUT2D eigenvalue weighted by Gasteiger charge is 2.16. The molecule has 17 heavy (non-hydrogen) atoms. The second-order valence-electron chi connectivity index (χ2n) is 3.69. The van der Waals surface area contributed by atoms with E-state index in [9.17, 15) is 0 Å². The SMILES string of the molecule is CCCC(N)c1nc(-c2ncccc2Br)no1. The fraction of sp³-hybridized carbons (Fsp3) is 0.364. The van der Waals surface area contributed by atoms with Crippen LogP contribution >= 0.6 is 15.9 Å². The van der Waals surface area contributed by atoms with Gasteiger partial charge in [0, 0.05) is 10.7 Å². The summed E-state index contributed by atoms with van der Waals surface area (Å²) in [6.45, 7) is 2.06. The number of hydrogen-bond acceptors (Lipinski definition) is 5. The van der Waals surface area contributed by atoms with E-state index in [1.807, 2.05) is 12.1 Å². The molecule has 0 bridgehead atoms. The lowest BCUT2D eigenvalue weighted by Crippen LogP contribution is -2.09. The smallest absolute Gasteiger partial charge is 0.243 e. The Morgan fingerprint density at radius 2 is 2.35 bits per heavy atom. The van der Waals surface area contributed by atoms with E-state index in [0.717, 1.165) is 17.3 Å². The van der Waals surface area contributed by atoms with E-state index in [2.05, 4.69) is 38.0 Å². The van der Waals surface area contributed by atoms with Crippen LogP contribution in [0.15, 0.2) is 27.3 Å². The third kappa shape index (κ3) is 2.70. The molecule has 2 rings (SSSR count). The van der Waals surface area contributed by atoms with Crippen LogP contribution in [0.3, 0.4) is 0 Å². The van der Waals surface area contributed by atoms with Crippen molar-refractivity contribution in [3.8, 4) is 11.5 Å². The van der Waals surface area contributed by atoms with Gasteiger partial charge in [0.25, 0.3) is 0 Å². The zero-order chi connectivity index (χ0) is 12.3.